The predicted molar refractivity (Wildman–Crippen MR) is 96.8 cm³/mol. The van der Waals surface area contributed by atoms with Crippen LogP contribution in [0.25, 0.3) is 10.6 Å². The molecule has 0 aliphatic heterocycles. The number of ether oxygens (including phenoxy) is 1. The fourth-order valence-electron chi connectivity index (χ4n) is 2.23. The third-order valence-corrected chi connectivity index (χ3v) is 5.06. The fourth-order valence-corrected chi connectivity index (χ4v) is 3.19. The van der Waals surface area contributed by atoms with Crippen molar-refractivity contribution in [3.05, 3.63) is 40.7 Å². The van der Waals surface area contributed by atoms with E-state index in [1.54, 1.807) is 19.1 Å². The van der Waals surface area contributed by atoms with Crippen molar-refractivity contribution in [2.24, 2.45) is 0 Å². The summed E-state index contributed by atoms with van der Waals surface area (Å²) in [6, 6.07) is 5.26. The van der Waals surface area contributed by atoms with Crippen molar-refractivity contribution < 1.29 is 23.5 Å². The van der Waals surface area contributed by atoms with Gasteiger partial charge in [0.15, 0.2) is 6.10 Å². The Morgan fingerprint density at radius 2 is 1.93 bits per heavy atom. The molecule has 0 spiro atoms. The van der Waals surface area contributed by atoms with Gasteiger partial charge in [-0.3, -0.25) is 10.1 Å². The second-order valence-electron chi connectivity index (χ2n) is 6.22. The van der Waals surface area contributed by atoms with Crippen molar-refractivity contribution in [2.45, 2.75) is 38.8 Å². The highest BCUT2D eigenvalue weighted by Gasteiger charge is 2.27. The van der Waals surface area contributed by atoms with Crippen LogP contribution in [0.2, 0.25) is 0 Å². The number of hydrogen-bond donors (Lipinski definition) is 2. The standard InChI is InChI=1S/C18H18FN3O4S/c1-9-14(27-16(20-9)11-3-5-12(19)6-4-11)17(24)26-10(2)15(23)22-18(25)21-13-7-8-13/h3-6,10,13H,7-8H2,1-2H3,(H2,21,22,23,25). The lowest BCUT2D eigenvalue weighted by Crippen LogP contribution is -2.45. The molecule has 1 saturated carbocycles. The molecule has 1 aromatic heterocycles. The van der Waals surface area contributed by atoms with Crippen LogP contribution in [0, 0.1) is 12.7 Å². The Kier molecular flexibility index (Phi) is 5.50. The maximum atomic E-state index is 13.0. The molecule has 9 heteroatoms. The zero-order valence-electron chi connectivity index (χ0n) is 14.7. The largest absolute Gasteiger partial charge is 0.448 e. The van der Waals surface area contributed by atoms with Crippen molar-refractivity contribution in [1.29, 1.82) is 0 Å². The van der Waals surface area contributed by atoms with E-state index in [0.29, 0.717) is 16.3 Å². The second kappa shape index (κ2) is 7.83. The first-order valence-electron chi connectivity index (χ1n) is 8.39. The predicted octanol–water partition coefficient (Wildman–Crippen LogP) is 2.79. The lowest BCUT2D eigenvalue weighted by atomic mass is 10.2. The first-order valence-corrected chi connectivity index (χ1v) is 9.21. The molecule has 2 aromatic rings. The minimum absolute atomic E-state index is 0.111. The minimum atomic E-state index is -1.14. The van der Waals surface area contributed by atoms with Gasteiger partial charge in [-0.1, -0.05) is 0 Å². The van der Waals surface area contributed by atoms with Crippen LogP contribution in [0.5, 0.6) is 0 Å². The number of aryl methyl sites for hydroxylation is 1. The minimum Gasteiger partial charge on any atom is -0.448 e. The number of aromatic nitrogens is 1. The Hall–Kier alpha value is -2.81. The summed E-state index contributed by atoms with van der Waals surface area (Å²) in [7, 11) is 0. The molecule has 1 aliphatic carbocycles. The summed E-state index contributed by atoms with van der Waals surface area (Å²) in [5.74, 6) is -1.77. The van der Waals surface area contributed by atoms with E-state index >= 15 is 0 Å². The van der Waals surface area contributed by atoms with E-state index < -0.39 is 24.0 Å². The van der Waals surface area contributed by atoms with Crippen LogP contribution in [0.3, 0.4) is 0 Å². The van der Waals surface area contributed by atoms with Crippen LogP contribution < -0.4 is 10.6 Å². The Morgan fingerprint density at radius 3 is 2.56 bits per heavy atom. The molecule has 1 aliphatic rings. The van der Waals surface area contributed by atoms with Crippen molar-refractivity contribution in [2.75, 3.05) is 0 Å². The SMILES string of the molecule is Cc1nc(-c2ccc(F)cc2)sc1C(=O)OC(C)C(=O)NC(=O)NC1CC1. The molecule has 1 aromatic carbocycles. The van der Waals surface area contributed by atoms with E-state index in [9.17, 15) is 18.8 Å². The maximum Gasteiger partial charge on any atom is 0.351 e. The summed E-state index contributed by atoms with van der Waals surface area (Å²) in [5.41, 5.74) is 1.12. The van der Waals surface area contributed by atoms with Gasteiger partial charge >= 0.3 is 12.0 Å². The molecule has 1 unspecified atom stereocenters. The number of esters is 1. The quantitative estimate of drug-likeness (QED) is 0.764. The number of urea groups is 1. The van der Waals surface area contributed by atoms with Gasteiger partial charge in [-0.05, 0) is 51.0 Å². The fraction of sp³-hybridized carbons (Fsp3) is 0.333. The number of hydrogen-bond acceptors (Lipinski definition) is 6. The Labute approximate surface area is 158 Å². The van der Waals surface area contributed by atoms with Crippen LogP contribution in [0.15, 0.2) is 24.3 Å². The van der Waals surface area contributed by atoms with Gasteiger partial charge in [0.05, 0.1) is 5.69 Å². The third kappa shape index (κ3) is 4.88. The van der Waals surface area contributed by atoms with Gasteiger partial charge in [-0.2, -0.15) is 0 Å². The summed E-state index contributed by atoms with van der Waals surface area (Å²) in [6.45, 7) is 3.03. The van der Waals surface area contributed by atoms with Crippen molar-refractivity contribution in [3.63, 3.8) is 0 Å². The van der Waals surface area contributed by atoms with Gasteiger partial charge in [-0.15, -0.1) is 11.3 Å². The first-order chi connectivity index (χ1) is 12.8. The maximum absolute atomic E-state index is 13.0. The van der Waals surface area contributed by atoms with Gasteiger partial charge < -0.3 is 10.1 Å². The topological polar surface area (TPSA) is 97.4 Å². The molecule has 1 atom stereocenters. The molecule has 7 nitrogen and oxygen atoms in total. The van der Waals surface area contributed by atoms with Gasteiger partial charge in [-0.25, -0.2) is 19.0 Å². The Bertz CT molecular complexity index is 877. The third-order valence-electron chi connectivity index (χ3n) is 3.88. The molecule has 0 saturated heterocycles. The van der Waals surface area contributed by atoms with E-state index in [0.717, 1.165) is 24.2 Å². The molecular formula is C18H18FN3O4S. The molecule has 3 amide bonds. The number of nitrogens with zero attached hydrogens (tertiary/aromatic N) is 1. The summed E-state index contributed by atoms with van der Waals surface area (Å²) < 4.78 is 18.2. The highest BCUT2D eigenvalue weighted by molar-refractivity contribution is 7.17. The van der Waals surface area contributed by atoms with Gasteiger partial charge in [0, 0.05) is 11.6 Å². The molecule has 1 heterocycles. The van der Waals surface area contributed by atoms with Crippen LogP contribution in [0.4, 0.5) is 9.18 Å². The molecule has 142 valence electrons. The van der Waals surface area contributed by atoms with Crippen molar-refractivity contribution in [3.8, 4) is 10.6 Å². The zero-order valence-corrected chi connectivity index (χ0v) is 15.6. The number of amides is 3. The van der Waals surface area contributed by atoms with Crippen molar-refractivity contribution in [1.82, 2.24) is 15.6 Å². The summed E-state index contributed by atoms with van der Waals surface area (Å²) in [4.78, 5) is 40.5. The number of imide groups is 1. The Morgan fingerprint density at radius 1 is 1.26 bits per heavy atom. The number of rotatable bonds is 5. The monoisotopic (exact) mass is 391 g/mol. The highest BCUT2D eigenvalue weighted by atomic mass is 32.1. The van der Waals surface area contributed by atoms with Crippen LogP contribution >= 0.6 is 11.3 Å². The van der Waals surface area contributed by atoms with Crippen LogP contribution in [-0.2, 0) is 9.53 Å². The van der Waals surface area contributed by atoms with E-state index in [4.69, 9.17) is 4.74 Å². The van der Waals surface area contributed by atoms with Crippen LogP contribution in [-0.4, -0.2) is 35.0 Å². The zero-order chi connectivity index (χ0) is 19.6. The van der Waals surface area contributed by atoms with E-state index in [1.165, 1.54) is 19.1 Å². The number of benzene rings is 1. The number of halogens is 1. The summed E-state index contributed by atoms with van der Waals surface area (Å²) in [6.07, 6.45) is 0.652. The lowest BCUT2D eigenvalue weighted by molar-refractivity contribution is -0.127. The Balaban J connectivity index is 1.62. The van der Waals surface area contributed by atoms with Crippen LogP contribution in [0.1, 0.15) is 35.1 Å². The second-order valence-corrected chi connectivity index (χ2v) is 7.22. The van der Waals surface area contributed by atoms with E-state index in [-0.39, 0.29) is 16.7 Å². The van der Waals surface area contributed by atoms with Gasteiger partial charge in [0.1, 0.15) is 15.7 Å². The summed E-state index contributed by atoms with van der Waals surface area (Å²) in [5, 5.41) is 5.30. The number of carbonyl (C=O) groups excluding carboxylic acids is 3. The molecule has 3 rings (SSSR count). The highest BCUT2D eigenvalue weighted by Crippen LogP contribution is 2.28. The van der Waals surface area contributed by atoms with Gasteiger partial charge in [0.2, 0.25) is 0 Å². The average molecular weight is 391 g/mol. The van der Waals surface area contributed by atoms with E-state index in [2.05, 4.69) is 15.6 Å². The first kappa shape index (κ1) is 19.0. The van der Waals surface area contributed by atoms with Gasteiger partial charge in [0.25, 0.3) is 5.91 Å². The average Bonchev–Trinajstić information content (AvgIpc) is 3.34. The molecule has 0 radical (unpaired) electrons. The molecule has 0 bridgehead atoms. The normalized spacial score (nSPS) is 14.3. The molecule has 27 heavy (non-hydrogen) atoms. The molecule has 2 N–H and O–H groups in total. The molecular weight excluding hydrogens is 373 g/mol. The van der Waals surface area contributed by atoms with E-state index in [1.807, 2.05) is 0 Å². The molecule has 1 fully saturated rings. The number of carbonyl (C=O) groups is 3. The number of thiazole rings is 1. The smallest absolute Gasteiger partial charge is 0.351 e. The number of nitrogens with one attached hydrogen (secondary N) is 2. The summed E-state index contributed by atoms with van der Waals surface area (Å²) >= 11 is 1.09. The van der Waals surface area contributed by atoms with Crippen molar-refractivity contribution >= 4 is 29.2 Å². The lowest BCUT2D eigenvalue weighted by Gasteiger charge is -2.12.